The van der Waals surface area contributed by atoms with Crippen LogP contribution in [-0.2, 0) is 19.1 Å². The molecule has 21 heavy (non-hydrogen) atoms. The Bertz CT molecular complexity index is 264. The SMILES string of the molecule is CCCC(O)CCOC(=O)CC(=O)OCCC(O)CCC. The van der Waals surface area contributed by atoms with E-state index in [1.165, 1.54) is 0 Å². The van der Waals surface area contributed by atoms with Crippen molar-refractivity contribution >= 4 is 11.9 Å². The van der Waals surface area contributed by atoms with Crippen LogP contribution < -0.4 is 0 Å². The van der Waals surface area contributed by atoms with Gasteiger partial charge in [-0.05, 0) is 12.8 Å². The largest absolute Gasteiger partial charge is 0.465 e. The molecule has 0 aromatic carbocycles. The van der Waals surface area contributed by atoms with Crippen molar-refractivity contribution in [1.29, 1.82) is 0 Å². The number of aliphatic hydroxyl groups excluding tert-OH is 2. The minimum absolute atomic E-state index is 0.0997. The van der Waals surface area contributed by atoms with Gasteiger partial charge in [0.05, 0.1) is 25.4 Å². The lowest BCUT2D eigenvalue weighted by Gasteiger charge is -2.10. The van der Waals surface area contributed by atoms with Crippen molar-refractivity contribution in [2.75, 3.05) is 13.2 Å². The highest BCUT2D eigenvalue weighted by molar-refractivity contribution is 5.91. The van der Waals surface area contributed by atoms with E-state index in [0.717, 1.165) is 12.8 Å². The molecule has 124 valence electrons. The first-order valence-corrected chi connectivity index (χ1v) is 7.66. The molecule has 6 nitrogen and oxygen atoms in total. The van der Waals surface area contributed by atoms with Gasteiger partial charge < -0.3 is 19.7 Å². The van der Waals surface area contributed by atoms with Gasteiger partial charge in [0.2, 0.25) is 0 Å². The van der Waals surface area contributed by atoms with Crippen LogP contribution in [0.3, 0.4) is 0 Å². The first kappa shape index (κ1) is 19.9. The van der Waals surface area contributed by atoms with E-state index in [0.29, 0.717) is 25.7 Å². The quantitative estimate of drug-likeness (QED) is 0.420. The molecule has 0 spiro atoms. The van der Waals surface area contributed by atoms with Gasteiger partial charge in [0.15, 0.2) is 0 Å². The predicted octanol–water partition coefficient (Wildman–Crippen LogP) is 1.57. The molecule has 0 radical (unpaired) electrons. The average Bonchev–Trinajstić information content (AvgIpc) is 2.39. The van der Waals surface area contributed by atoms with Gasteiger partial charge in [-0.25, -0.2) is 0 Å². The zero-order valence-corrected chi connectivity index (χ0v) is 13.0. The minimum atomic E-state index is -0.655. The molecule has 0 heterocycles. The number of carbonyl (C=O) groups is 2. The van der Waals surface area contributed by atoms with Gasteiger partial charge in [-0.3, -0.25) is 9.59 Å². The van der Waals surface area contributed by atoms with Crippen molar-refractivity contribution in [3.05, 3.63) is 0 Å². The van der Waals surface area contributed by atoms with E-state index in [2.05, 4.69) is 0 Å². The maximum absolute atomic E-state index is 11.3. The van der Waals surface area contributed by atoms with E-state index < -0.39 is 30.6 Å². The van der Waals surface area contributed by atoms with Gasteiger partial charge in [0.1, 0.15) is 6.42 Å². The molecule has 0 saturated carbocycles. The Morgan fingerprint density at radius 1 is 0.810 bits per heavy atom. The van der Waals surface area contributed by atoms with E-state index in [1.54, 1.807) is 0 Å². The second-order valence-corrected chi connectivity index (χ2v) is 5.08. The first-order valence-electron chi connectivity index (χ1n) is 7.66. The number of rotatable bonds is 12. The maximum Gasteiger partial charge on any atom is 0.317 e. The molecule has 0 aliphatic heterocycles. The third-order valence-electron chi connectivity index (χ3n) is 2.96. The fourth-order valence-electron chi connectivity index (χ4n) is 1.79. The van der Waals surface area contributed by atoms with Crippen LogP contribution in [0.4, 0.5) is 0 Å². The third kappa shape index (κ3) is 12.3. The number of hydrogen-bond donors (Lipinski definition) is 2. The second-order valence-electron chi connectivity index (χ2n) is 5.08. The molecule has 0 saturated heterocycles. The molecule has 0 bridgehead atoms. The Hall–Kier alpha value is -1.14. The molecule has 2 unspecified atom stereocenters. The molecule has 2 atom stereocenters. The van der Waals surface area contributed by atoms with Gasteiger partial charge in [-0.2, -0.15) is 0 Å². The highest BCUT2D eigenvalue weighted by atomic mass is 16.6. The van der Waals surface area contributed by atoms with Crippen molar-refractivity contribution in [3.8, 4) is 0 Å². The number of ether oxygens (including phenoxy) is 2. The van der Waals surface area contributed by atoms with Crippen LogP contribution in [0.2, 0.25) is 0 Å². The monoisotopic (exact) mass is 304 g/mol. The molecular formula is C15H28O6. The zero-order valence-electron chi connectivity index (χ0n) is 13.0. The fourth-order valence-corrected chi connectivity index (χ4v) is 1.79. The van der Waals surface area contributed by atoms with Crippen LogP contribution in [0, 0.1) is 0 Å². The number of esters is 2. The maximum atomic E-state index is 11.3. The third-order valence-corrected chi connectivity index (χ3v) is 2.96. The van der Waals surface area contributed by atoms with Crippen molar-refractivity contribution < 1.29 is 29.3 Å². The lowest BCUT2D eigenvalue weighted by atomic mass is 10.1. The van der Waals surface area contributed by atoms with Gasteiger partial charge in [0.25, 0.3) is 0 Å². The molecule has 2 N–H and O–H groups in total. The van der Waals surface area contributed by atoms with E-state index in [9.17, 15) is 19.8 Å². The van der Waals surface area contributed by atoms with E-state index in [-0.39, 0.29) is 13.2 Å². The summed E-state index contributed by atoms with van der Waals surface area (Å²) in [7, 11) is 0. The topological polar surface area (TPSA) is 93.1 Å². The minimum Gasteiger partial charge on any atom is -0.465 e. The summed E-state index contributed by atoms with van der Waals surface area (Å²) >= 11 is 0. The van der Waals surface area contributed by atoms with Crippen molar-refractivity contribution in [1.82, 2.24) is 0 Å². The van der Waals surface area contributed by atoms with Gasteiger partial charge in [-0.1, -0.05) is 26.7 Å². The summed E-state index contributed by atoms with van der Waals surface area (Å²) in [6, 6.07) is 0. The second kappa shape index (κ2) is 12.6. The molecular weight excluding hydrogens is 276 g/mol. The lowest BCUT2D eigenvalue weighted by molar-refractivity contribution is -0.155. The van der Waals surface area contributed by atoms with Gasteiger partial charge in [-0.15, -0.1) is 0 Å². The number of carbonyl (C=O) groups excluding carboxylic acids is 2. The van der Waals surface area contributed by atoms with Gasteiger partial charge in [0, 0.05) is 12.8 Å². The normalized spacial score (nSPS) is 13.5. The fraction of sp³-hybridized carbons (Fsp3) is 0.867. The van der Waals surface area contributed by atoms with Crippen molar-refractivity contribution in [2.45, 2.75) is 71.0 Å². The van der Waals surface area contributed by atoms with Crippen LogP contribution in [0.15, 0.2) is 0 Å². The molecule has 0 aliphatic rings. The highest BCUT2D eigenvalue weighted by Crippen LogP contribution is 2.03. The Balaban J connectivity index is 3.63. The van der Waals surface area contributed by atoms with E-state index in [4.69, 9.17) is 9.47 Å². The summed E-state index contributed by atoms with van der Waals surface area (Å²) in [6.45, 7) is 4.12. The summed E-state index contributed by atoms with van der Waals surface area (Å²) in [5.41, 5.74) is 0. The molecule has 0 fully saturated rings. The molecule has 0 aromatic heterocycles. The molecule has 6 heteroatoms. The van der Waals surface area contributed by atoms with Crippen molar-refractivity contribution in [3.63, 3.8) is 0 Å². The Kier molecular flexibility index (Phi) is 11.9. The summed E-state index contributed by atoms with van der Waals surface area (Å²) in [6.07, 6.45) is 2.42. The Morgan fingerprint density at radius 3 is 1.52 bits per heavy atom. The van der Waals surface area contributed by atoms with Crippen LogP contribution in [0.1, 0.15) is 58.8 Å². The standard InChI is InChI=1S/C15H28O6/c1-3-5-12(16)7-9-20-14(18)11-15(19)21-10-8-13(17)6-4-2/h12-13,16-17H,3-11H2,1-2H3. The Labute approximate surface area is 126 Å². The van der Waals surface area contributed by atoms with Crippen LogP contribution in [0.25, 0.3) is 0 Å². The highest BCUT2D eigenvalue weighted by Gasteiger charge is 2.13. The Morgan fingerprint density at radius 2 is 1.19 bits per heavy atom. The summed E-state index contributed by atoms with van der Waals surface area (Å²) < 4.78 is 9.69. The van der Waals surface area contributed by atoms with Gasteiger partial charge >= 0.3 is 11.9 Å². The lowest BCUT2D eigenvalue weighted by Crippen LogP contribution is -2.18. The molecule has 0 rings (SSSR count). The van der Waals surface area contributed by atoms with E-state index >= 15 is 0 Å². The van der Waals surface area contributed by atoms with Crippen LogP contribution in [-0.4, -0.2) is 47.6 Å². The smallest absolute Gasteiger partial charge is 0.317 e. The number of hydrogen-bond acceptors (Lipinski definition) is 6. The predicted molar refractivity (Wildman–Crippen MR) is 77.6 cm³/mol. The van der Waals surface area contributed by atoms with Crippen LogP contribution >= 0.6 is 0 Å². The molecule has 0 aliphatic carbocycles. The van der Waals surface area contributed by atoms with Crippen LogP contribution in [0.5, 0.6) is 0 Å². The zero-order chi connectivity index (χ0) is 16.1. The molecule has 0 amide bonds. The summed E-state index contributed by atoms with van der Waals surface area (Å²) in [5, 5.41) is 18.9. The van der Waals surface area contributed by atoms with Crippen molar-refractivity contribution in [2.24, 2.45) is 0 Å². The first-order chi connectivity index (χ1) is 9.99. The average molecular weight is 304 g/mol. The summed E-state index contributed by atoms with van der Waals surface area (Å²) in [4.78, 5) is 22.7. The number of aliphatic hydroxyl groups is 2. The summed E-state index contributed by atoms with van der Waals surface area (Å²) in [5.74, 6) is -1.31. The molecule has 0 aromatic rings. The van der Waals surface area contributed by atoms with E-state index in [1.807, 2.05) is 13.8 Å².